The highest BCUT2D eigenvalue weighted by atomic mass is 35.5. The maximum Gasteiger partial charge on any atom is 0.262 e. The lowest BCUT2D eigenvalue weighted by Crippen LogP contribution is -2.30. The van der Waals surface area contributed by atoms with Gasteiger partial charge in [0.05, 0.1) is 16.4 Å². The molecule has 3 rings (SSSR count). The fraction of sp³-hybridized carbons (Fsp3) is 0.316. The first-order valence-electron chi connectivity index (χ1n) is 8.25. The summed E-state index contributed by atoms with van der Waals surface area (Å²) in [6, 6.07) is 15.0. The predicted octanol–water partition coefficient (Wildman–Crippen LogP) is 4.35. The number of piperidine rings is 1. The fourth-order valence-electron chi connectivity index (χ4n) is 2.88. The summed E-state index contributed by atoms with van der Waals surface area (Å²) in [5.41, 5.74) is 1.90. The molecule has 24 heavy (non-hydrogen) atoms. The quantitative estimate of drug-likeness (QED) is 0.876. The molecule has 1 N–H and O–H groups in total. The molecule has 0 saturated carbocycles. The Morgan fingerprint density at radius 1 is 1.04 bits per heavy atom. The van der Waals surface area contributed by atoms with E-state index in [1.807, 2.05) is 30.3 Å². The largest absolute Gasteiger partial charge is 0.482 e. The van der Waals surface area contributed by atoms with E-state index in [1.54, 1.807) is 12.1 Å². The molecule has 1 fully saturated rings. The van der Waals surface area contributed by atoms with Crippen molar-refractivity contribution in [1.82, 2.24) is 0 Å². The first-order chi connectivity index (χ1) is 11.7. The summed E-state index contributed by atoms with van der Waals surface area (Å²) in [5.74, 6) is 0.318. The number of hydrogen-bond acceptors (Lipinski definition) is 3. The summed E-state index contributed by atoms with van der Waals surface area (Å²) in [7, 11) is 0. The van der Waals surface area contributed by atoms with Crippen LogP contribution in [0.5, 0.6) is 5.75 Å². The second-order valence-corrected chi connectivity index (χ2v) is 6.24. The van der Waals surface area contributed by atoms with Crippen LogP contribution in [0.2, 0.25) is 5.02 Å². The van der Waals surface area contributed by atoms with Crippen LogP contribution in [0.4, 0.5) is 11.4 Å². The number of hydrogen-bond donors (Lipinski definition) is 1. The van der Waals surface area contributed by atoms with Crippen molar-refractivity contribution in [2.45, 2.75) is 19.3 Å². The Hall–Kier alpha value is -2.20. The van der Waals surface area contributed by atoms with Crippen molar-refractivity contribution >= 4 is 28.9 Å². The van der Waals surface area contributed by atoms with Gasteiger partial charge in [0.1, 0.15) is 5.75 Å². The molecular formula is C19H21ClN2O2. The first-order valence-corrected chi connectivity index (χ1v) is 8.63. The van der Waals surface area contributed by atoms with Gasteiger partial charge in [-0.25, -0.2) is 0 Å². The van der Waals surface area contributed by atoms with Crippen LogP contribution in [0.3, 0.4) is 0 Å². The Morgan fingerprint density at radius 2 is 1.75 bits per heavy atom. The van der Waals surface area contributed by atoms with Crippen LogP contribution in [0.15, 0.2) is 48.5 Å². The summed E-state index contributed by atoms with van der Waals surface area (Å²) in [6.45, 7) is 1.99. The second kappa shape index (κ2) is 8.06. The van der Waals surface area contributed by atoms with E-state index in [4.69, 9.17) is 16.3 Å². The van der Waals surface area contributed by atoms with Crippen molar-refractivity contribution in [2.75, 3.05) is 29.9 Å². The summed E-state index contributed by atoms with van der Waals surface area (Å²) in [5, 5.41) is 3.45. The maximum absolute atomic E-state index is 12.2. The van der Waals surface area contributed by atoms with E-state index in [-0.39, 0.29) is 12.5 Å². The van der Waals surface area contributed by atoms with Crippen LogP contribution in [0.1, 0.15) is 19.3 Å². The molecular weight excluding hydrogens is 324 g/mol. The molecule has 1 saturated heterocycles. The third-order valence-electron chi connectivity index (χ3n) is 4.07. The van der Waals surface area contributed by atoms with Crippen molar-refractivity contribution in [3.63, 3.8) is 0 Å². The Bertz CT molecular complexity index is 699. The average molecular weight is 345 g/mol. The van der Waals surface area contributed by atoms with Crippen molar-refractivity contribution in [2.24, 2.45) is 0 Å². The molecule has 0 unspecified atom stereocenters. The summed E-state index contributed by atoms with van der Waals surface area (Å²) in [4.78, 5) is 14.6. The van der Waals surface area contributed by atoms with E-state index < -0.39 is 0 Å². The Labute approximate surface area is 147 Å². The van der Waals surface area contributed by atoms with Crippen LogP contribution < -0.4 is 15.0 Å². The third kappa shape index (κ3) is 4.20. The van der Waals surface area contributed by atoms with Crippen LogP contribution >= 0.6 is 11.6 Å². The van der Waals surface area contributed by atoms with E-state index in [9.17, 15) is 4.79 Å². The molecule has 4 nitrogen and oxygen atoms in total. The van der Waals surface area contributed by atoms with Crippen molar-refractivity contribution in [1.29, 1.82) is 0 Å². The Kier molecular flexibility index (Phi) is 5.59. The molecule has 2 aromatic carbocycles. The highest BCUT2D eigenvalue weighted by molar-refractivity contribution is 6.32. The average Bonchev–Trinajstić information content (AvgIpc) is 2.62. The molecule has 1 amide bonds. The minimum Gasteiger partial charge on any atom is -0.482 e. The van der Waals surface area contributed by atoms with Gasteiger partial charge in [0.25, 0.3) is 5.91 Å². The number of carbonyl (C=O) groups is 1. The van der Waals surface area contributed by atoms with Crippen molar-refractivity contribution < 1.29 is 9.53 Å². The van der Waals surface area contributed by atoms with Crippen LogP contribution in [0, 0.1) is 0 Å². The lowest BCUT2D eigenvalue weighted by Gasteiger charge is -2.30. The molecule has 1 heterocycles. The molecule has 0 bridgehead atoms. The normalized spacial score (nSPS) is 14.3. The molecule has 0 spiro atoms. The molecule has 1 aliphatic heterocycles. The minimum absolute atomic E-state index is 0.0714. The summed E-state index contributed by atoms with van der Waals surface area (Å²) < 4.78 is 5.50. The van der Waals surface area contributed by atoms with Gasteiger partial charge in [-0.05, 0) is 43.5 Å². The number of para-hydroxylation sites is 3. The van der Waals surface area contributed by atoms with Gasteiger partial charge in [0, 0.05) is 13.1 Å². The Morgan fingerprint density at radius 3 is 2.54 bits per heavy atom. The fourth-order valence-corrected chi connectivity index (χ4v) is 3.07. The van der Waals surface area contributed by atoms with Crippen LogP contribution in [-0.2, 0) is 4.79 Å². The SMILES string of the molecule is O=C(COc1ccccc1Cl)Nc1ccccc1N1CCCCC1. The lowest BCUT2D eigenvalue weighted by molar-refractivity contribution is -0.118. The molecule has 0 aromatic heterocycles. The zero-order chi connectivity index (χ0) is 16.8. The van der Waals surface area contributed by atoms with Crippen molar-refractivity contribution in [3.8, 4) is 5.75 Å². The monoisotopic (exact) mass is 344 g/mol. The zero-order valence-electron chi connectivity index (χ0n) is 13.5. The van der Waals surface area contributed by atoms with Gasteiger partial charge in [-0.1, -0.05) is 35.9 Å². The number of benzene rings is 2. The highest BCUT2D eigenvalue weighted by Gasteiger charge is 2.15. The van der Waals surface area contributed by atoms with Gasteiger partial charge in [0.15, 0.2) is 6.61 Å². The smallest absolute Gasteiger partial charge is 0.262 e. The van der Waals surface area contributed by atoms with Crippen molar-refractivity contribution in [3.05, 3.63) is 53.6 Å². The van der Waals surface area contributed by atoms with E-state index in [2.05, 4.69) is 16.3 Å². The molecule has 5 heteroatoms. The number of amides is 1. The summed E-state index contributed by atoms with van der Waals surface area (Å²) in [6.07, 6.45) is 3.66. The molecule has 0 atom stereocenters. The number of ether oxygens (including phenoxy) is 1. The number of halogens is 1. The topological polar surface area (TPSA) is 41.6 Å². The van der Waals surface area contributed by atoms with E-state index >= 15 is 0 Å². The number of rotatable bonds is 5. The molecule has 126 valence electrons. The molecule has 0 aliphatic carbocycles. The number of nitrogens with one attached hydrogen (secondary N) is 1. The number of nitrogens with zero attached hydrogens (tertiary/aromatic N) is 1. The Balaban J connectivity index is 1.63. The molecule has 0 radical (unpaired) electrons. The number of anilines is 2. The third-order valence-corrected chi connectivity index (χ3v) is 4.38. The van der Waals surface area contributed by atoms with Gasteiger partial charge in [-0.15, -0.1) is 0 Å². The van der Waals surface area contributed by atoms with E-state index in [0.717, 1.165) is 24.5 Å². The van der Waals surface area contributed by atoms with Crippen LogP contribution in [-0.4, -0.2) is 25.6 Å². The highest BCUT2D eigenvalue weighted by Crippen LogP contribution is 2.28. The number of carbonyl (C=O) groups excluding carboxylic acids is 1. The van der Waals surface area contributed by atoms with Gasteiger partial charge in [-0.3, -0.25) is 4.79 Å². The zero-order valence-corrected chi connectivity index (χ0v) is 14.3. The predicted molar refractivity (Wildman–Crippen MR) is 98.1 cm³/mol. The minimum atomic E-state index is -0.195. The standard InChI is InChI=1S/C19H21ClN2O2/c20-15-8-2-5-11-18(15)24-14-19(23)21-16-9-3-4-10-17(16)22-12-6-1-7-13-22/h2-5,8-11H,1,6-7,12-14H2,(H,21,23). The van der Waals surface area contributed by atoms with E-state index in [1.165, 1.54) is 19.3 Å². The second-order valence-electron chi connectivity index (χ2n) is 5.83. The molecule has 2 aromatic rings. The molecule has 1 aliphatic rings. The summed E-state index contributed by atoms with van der Waals surface area (Å²) >= 11 is 6.03. The first kappa shape index (κ1) is 16.7. The van der Waals surface area contributed by atoms with Gasteiger partial charge in [0.2, 0.25) is 0 Å². The van der Waals surface area contributed by atoms with E-state index in [0.29, 0.717) is 10.8 Å². The van der Waals surface area contributed by atoms with Gasteiger partial charge >= 0.3 is 0 Å². The lowest BCUT2D eigenvalue weighted by atomic mass is 10.1. The van der Waals surface area contributed by atoms with Crippen LogP contribution in [0.25, 0.3) is 0 Å². The maximum atomic E-state index is 12.2. The van der Waals surface area contributed by atoms with Gasteiger partial charge < -0.3 is 15.0 Å². The van der Waals surface area contributed by atoms with Gasteiger partial charge in [-0.2, -0.15) is 0 Å².